The van der Waals surface area contributed by atoms with Crippen molar-refractivity contribution in [3.05, 3.63) is 53.6 Å². The number of nitrogens with zero attached hydrogens (tertiary/aromatic N) is 1. The highest BCUT2D eigenvalue weighted by Crippen LogP contribution is 2.37. The summed E-state index contributed by atoms with van der Waals surface area (Å²) in [5.41, 5.74) is 1.40. The summed E-state index contributed by atoms with van der Waals surface area (Å²) in [5, 5.41) is 12.1. The van der Waals surface area contributed by atoms with Crippen molar-refractivity contribution in [3.63, 3.8) is 0 Å². The molecule has 0 aliphatic carbocycles. The summed E-state index contributed by atoms with van der Waals surface area (Å²) in [7, 11) is 1.63. The molecule has 2 aromatic carbocycles. The first-order valence-electron chi connectivity index (χ1n) is 6.29. The molecule has 1 amide bonds. The Bertz CT molecular complexity index is 716. The molecule has 6 heteroatoms. The van der Waals surface area contributed by atoms with E-state index in [0.29, 0.717) is 11.4 Å². The maximum Gasteiger partial charge on any atom is 0.257 e. The molecule has 1 heterocycles. The number of hydrogen-bond donors (Lipinski definition) is 2. The Kier molecular flexibility index (Phi) is 3.10. The number of rotatable bonds is 2. The van der Waals surface area contributed by atoms with E-state index in [-0.39, 0.29) is 17.1 Å². The summed E-state index contributed by atoms with van der Waals surface area (Å²) < 4.78 is 27.1. The van der Waals surface area contributed by atoms with E-state index in [1.165, 1.54) is 35.2 Å². The van der Waals surface area contributed by atoms with Gasteiger partial charge in [0.1, 0.15) is 11.6 Å². The molecule has 1 aliphatic rings. The van der Waals surface area contributed by atoms with Crippen molar-refractivity contribution >= 4 is 23.0 Å². The number of halogens is 2. The molecular weight excluding hydrogens is 278 g/mol. The van der Waals surface area contributed by atoms with E-state index in [9.17, 15) is 18.7 Å². The minimum Gasteiger partial charge on any atom is -0.378 e. The van der Waals surface area contributed by atoms with Gasteiger partial charge in [0.05, 0.1) is 5.69 Å². The van der Waals surface area contributed by atoms with Crippen LogP contribution in [0.25, 0.3) is 0 Å². The third-order valence-electron chi connectivity index (χ3n) is 3.50. The highest BCUT2D eigenvalue weighted by molar-refractivity contribution is 6.02. The second kappa shape index (κ2) is 4.82. The summed E-state index contributed by atoms with van der Waals surface area (Å²) in [5.74, 6) is -1.53. The van der Waals surface area contributed by atoms with Crippen molar-refractivity contribution in [3.8, 4) is 0 Å². The summed E-state index contributed by atoms with van der Waals surface area (Å²) in [4.78, 5) is 12.9. The van der Waals surface area contributed by atoms with Gasteiger partial charge in [-0.25, -0.2) is 8.78 Å². The van der Waals surface area contributed by atoms with Crippen molar-refractivity contribution in [1.29, 1.82) is 0 Å². The van der Waals surface area contributed by atoms with Gasteiger partial charge in [-0.3, -0.25) is 4.79 Å². The van der Waals surface area contributed by atoms with Gasteiger partial charge in [-0.2, -0.15) is 0 Å². The molecule has 0 bridgehead atoms. The van der Waals surface area contributed by atoms with Gasteiger partial charge in [0, 0.05) is 24.0 Å². The van der Waals surface area contributed by atoms with Gasteiger partial charge < -0.3 is 15.3 Å². The predicted octanol–water partition coefficient (Wildman–Crippen LogP) is 2.72. The highest BCUT2D eigenvalue weighted by atomic mass is 19.1. The molecular formula is C15H12F2N2O2. The Morgan fingerprint density at radius 2 is 1.86 bits per heavy atom. The van der Waals surface area contributed by atoms with Gasteiger partial charge in [-0.15, -0.1) is 0 Å². The Balaban J connectivity index is 2.02. The van der Waals surface area contributed by atoms with E-state index in [2.05, 4.69) is 5.32 Å². The maximum absolute atomic E-state index is 14.2. The second-order valence-corrected chi connectivity index (χ2v) is 4.82. The number of amides is 1. The summed E-state index contributed by atoms with van der Waals surface area (Å²) in [6.45, 7) is 0. The fourth-order valence-corrected chi connectivity index (χ4v) is 2.31. The number of carbonyl (C=O) groups is 1. The van der Waals surface area contributed by atoms with Crippen LogP contribution in [0.5, 0.6) is 0 Å². The Labute approximate surface area is 119 Å². The van der Waals surface area contributed by atoms with Gasteiger partial charge in [0.25, 0.3) is 5.91 Å². The normalized spacial score (nSPS) is 16.6. The number of nitrogens with one attached hydrogen (secondary N) is 1. The molecule has 21 heavy (non-hydrogen) atoms. The molecule has 1 unspecified atom stereocenters. The van der Waals surface area contributed by atoms with Gasteiger partial charge in [-0.1, -0.05) is 0 Å². The summed E-state index contributed by atoms with van der Waals surface area (Å²) in [6, 6.07) is 8.19. The van der Waals surface area contributed by atoms with Gasteiger partial charge in [0.2, 0.25) is 0 Å². The van der Waals surface area contributed by atoms with Crippen LogP contribution in [0.15, 0.2) is 36.4 Å². The summed E-state index contributed by atoms with van der Waals surface area (Å²) >= 11 is 0. The molecule has 0 spiro atoms. The average molecular weight is 290 g/mol. The lowest BCUT2D eigenvalue weighted by atomic mass is 10.1. The van der Waals surface area contributed by atoms with E-state index in [1.54, 1.807) is 7.05 Å². The zero-order valence-corrected chi connectivity index (χ0v) is 11.1. The molecule has 0 saturated heterocycles. The minimum absolute atomic E-state index is 0.216. The molecule has 108 valence electrons. The van der Waals surface area contributed by atoms with E-state index in [1.807, 2.05) is 0 Å². The molecule has 4 nitrogen and oxygen atoms in total. The Morgan fingerprint density at radius 3 is 2.52 bits per heavy atom. The maximum atomic E-state index is 14.2. The second-order valence-electron chi connectivity index (χ2n) is 4.82. The smallest absolute Gasteiger partial charge is 0.257 e. The number of hydrogen-bond acceptors (Lipinski definition) is 3. The van der Waals surface area contributed by atoms with Crippen LogP contribution in [0.4, 0.5) is 25.8 Å². The van der Waals surface area contributed by atoms with E-state index >= 15 is 0 Å². The van der Waals surface area contributed by atoms with Crippen LogP contribution in [-0.4, -0.2) is 18.1 Å². The average Bonchev–Trinajstić information content (AvgIpc) is 2.73. The number of fused-ring (bicyclic) bond motifs is 1. The Morgan fingerprint density at radius 1 is 1.19 bits per heavy atom. The first-order valence-corrected chi connectivity index (χ1v) is 6.29. The summed E-state index contributed by atoms with van der Waals surface area (Å²) in [6.07, 6.45) is -1.35. The van der Waals surface area contributed by atoms with Crippen molar-refractivity contribution in [2.24, 2.45) is 0 Å². The van der Waals surface area contributed by atoms with Crippen LogP contribution in [0, 0.1) is 11.6 Å². The van der Waals surface area contributed by atoms with E-state index in [0.717, 1.165) is 6.07 Å². The molecule has 0 saturated carbocycles. The fraction of sp³-hybridized carbons (Fsp3) is 0.133. The largest absolute Gasteiger partial charge is 0.378 e. The predicted molar refractivity (Wildman–Crippen MR) is 74.5 cm³/mol. The van der Waals surface area contributed by atoms with Crippen LogP contribution < -0.4 is 10.2 Å². The van der Waals surface area contributed by atoms with Crippen molar-refractivity contribution in [1.82, 2.24) is 0 Å². The third-order valence-corrected chi connectivity index (χ3v) is 3.50. The quantitative estimate of drug-likeness (QED) is 0.894. The molecule has 0 aromatic heterocycles. The van der Waals surface area contributed by atoms with Crippen LogP contribution in [0.2, 0.25) is 0 Å². The zero-order valence-electron chi connectivity index (χ0n) is 11.1. The molecule has 2 aromatic rings. The minimum atomic E-state index is -1.35. The van der Waals surface area contributed by atoms with Crippen molar-refractivity contribution in [2.45, 2.75) is 6.10 Å². The number of aliphatic hydroxyl groups excluding tert-OH is 1. The first kappa shape index (κ1) is 13.5. The lowest BCUT2D eigenvalue weighted by Crippen LogP contribution is -2.11. The van der Waals surface area contributed by atoms with Crippen molar-refractivity contribution in [2.75, 3.05) is 17.3 Å². The number of anilines is 3. The zero-order chi connectivity index (χ0) is 15.1. The topological polar surface area (TPSA) is 52.6 Å². The molecule has 2 N–H and O–H groups in total. The first-order chi connectivity index (χ1) is 9.97. The van der Waals surface area contributed by atoms with Gasteiger partial charge in [-0.05, 0) is 36.4 Å². The van der Waals surface area contributed by atoms with E-state index in [4.69, 9.17) is 0 Å². The molecule has 3 rings (SSSR count). The number of carbonyl (C=O) groups excluding carboxylic acids is 1. The molecule has 0 radical (unpaired) electrons. The number of benzene rings is 2. The SMILES string of the molecule is CN(c1ccc(F)cc1)c1cc2c(cc1F)C(O)C(=O)N2. The van der Waals surface area contributed by atoms with E-state index < -0.39 is 17.8 Å². The van der Waals surface area contributed by atoms with Gasteiger partial charge >= 0.3 is 0 Å². The molecule has 1 aliphatic heterocycles. The number of aliphatic hydroxyl groups is 1. The van der Waals surface area contributed by atoms with Crippen LogP contribution in [-0.2, 0) is 4.79 Å². The van der Waals surface area contributed by atoms with Crippen LogP contribution >= 0.6 is 0 Å². The highest BCUT2D eigenvalue weighted by Gasteiger charge is 2.30. The Hall–Kier alpha value is -2.47. The third kappa shape index (κ3) is 2.23. The molecule has 0 fully saturated rings. The standard InChI is InChI=1S/C15H12F2N2O2/c1-19(9-4-2-8(16)3-5-9)13-7-12-10(6-11(13)17)14(20)15(21)18-12/h2-7,14,20H,1H3,(H,18,21). The van der Waals surface area contributed by atoms with Crippen molar-refractivity contribution < 1.29 is 18.7 Å². The lowest BCUT2D eigenvalue weighted by molar-refractivity contribution is -0.123. The molecule has 1 atom stereocenters. The lowest BCUT2D eigenvalue weighted by Gasteiger charge is -2.21. The van der Waals surface area contributed by atoms with Crippen LogP contribution in [0.3, 0.4) is 0 Å². The fourth-order valence-electron chi connectivity index (χ4n) is 2.31. The van der Waals surface area contributed by atoms with Gasteiger partial charge in [0.15, 0.2) is 6.10 Å². The van der Waals surface area contributed by atoms with Crippen LogP contribution in [0.1, 0.15) is 11.7 Å². The monoisotopic (exact) mass is 290 g/mol.